The summed E-state index contributed by atoms with van der Waals surface area (Å²) in [5, 5.41) is 0. The Morgan fingerprint density at radius 2 is 2.33 bits per heavy atom. The molecule has 1 aromatic rings. The predicted molar refractivity (Wildman–Crippen MR) is 69.3 cm³/mol. The first-order valence-electron chi connectivity index (χ1n) is 5.92. The number of terminal acetylenes is 1. The van der Waals surface area contributed by atoms with Gasteiger partial charge in [0.05, 0.1) is 5.56 Å². The number of rotatable bonds is 4. The number of carbonyl (C=O) groups excluding carboxylic acids is 1. The summed E-state index contributed by atoms with van der Waals surface area (Å²) in [6.45, 7) is 0. The van der Waals surface area contributed by atoms with Gasteiger partial charge in [-0.1, -0.05) is 5.92 Å². The Balaban J connectivity index is 2.08. The highest BCUT2D eigenvalue weighted by molar-refractivity contribution is 5.90. The Hall–Kier alpha value is -2.02. The van der Waals surface area contributed by atoms with E-state index in [4.69, 9.17) is 11.2 Å². The van der Waals surface area contributed by atoms with Gasteiger partial charge in [-0.25, -0.2) is 9.78 Å². The van der Waals surface area contributed by atoms with Crippen LogP contribution in [0, 0.1) is 18.3 Å². The molecule has 94 valence electrons. The number of nitrogens with zero attached hydrogens (tertiary/aromatic N) is 2. The van der Waals surface area contributed by atoms with Gasteiger partial charge in [-0.15, -0.1) is 6.42 Å². The van der Waals surface area contributed by atoms with Crippen LogP contribution in [0.1, 0.15) is 23.2 Å². The summed E-state index contributed by atoms with van der Waals surface area (Å²) < 4.78 is 5.32. The third-order valence-corrected chi connectivity index (χ3v) is 2.89. The Morgan fingerprint density at radius 1 is 1.61 bits per heavy atom. The first-order valence-corrected chi connectivity index (χ1v) is 5.92. The zero-order chi connectivity index (χ0) is 13.1. The fraction of sp³-hybridized carbons (Fsp3) is 0.429. The quantitative estimate of drug-likeness (QED) is 0.597. The zero-order valence-electron chi connectivity index (χ0n) is 10.6. The number of ether oxygens (including phenoxy) is 1. The van der Waals surface area contributed by atoms with Crippen molar-refractivity contribution in [3.8, 4) is 12.3 Å². The fourth-order valence-corrected chi connectivity index (χ4v) is 1.64. The van der Waals surface area contributed by atoms with Gasteiger partial charge in [-0.05, 0) is 25.0 Å². The van der Waals surface area contributed by atoms with E-state index in [1.54, 1.807) is 18.3 Å². The van der Waals surface area contributed by atoms with Crippen LogP contribution in [-0.2, 0) is 4.74 Å². The van der Waals surface area contributed by atoms with Gasteiger partial charge >= 0.3 is 5.97 Å². The van der Waals surface area contributed by atoms with Crippen molar-refractivity contribution in [2.45, 2.75) is 18.9 Å². The maximum atomic E-state index is 12.0. The van der Waals surface area contributed by atoms with E-state index in [0.29, 0.717) is 17.3 Å². The fourth-order valence-electron chi connectivity index (χ4n) is 1.64. The molecule has 1 atom stereocenters. The number of anilines is 1. The van der Waals surface area contributed by atoms with Gasteiger partial charge in [0.2, 0.25) is 0 Å². The Labute approximate surface area is 107 Å². The second-order valence-electron chi connectivity index (χ2n) is 4.63. The molecule has 0 aromatic carbocycles. The normalized spacial score (nSPS) is 15.6. The minimum atomic E-state index is -0.395. The molecule has 0 saturated heterocycles. The molecule has 1 aliphatic carbocycles. The molecule has 0 N–H and O–H groups in total. The molecule has 0 amide bonds. The van der Waals surface area contributed by atoms with Gasteiger partial charge in [-0.2, -0.15) is 0 Å². The standard InChI is InChI=1S/C14H16N2O2/c1-4-12(10-5-6-10)18-14(17)11-7-8-15-13(9-11)16(2)3/h1,7-10,12H,5-6H2,2-3H3/t12-/m1/s1. The third kappa shape index (κ3) is 2.80. The van der Waals surface area contributed by atoms with Crippen LogP contribution in [0.5, 0.6) is 0 Å². The van der Waals surface area contributed by atoms with E-state index in [0.717, 1.165) is 12.8 Å². The van der Waals surface area contributed by atoms with E-state index in [1.807, 2.05) is 19.0 Å². The van der Waals surface area contributed by atoms with Crippen LogP contribution in [-0.4, -0.2) is 31.2 Å². The molecule has 1 heterocycles. The molecular weight excluding hydrogens is 228 g/mol. The maximum Gasteiger partial charge on any atom is 0.339 e. The van der Waals surface area contributed by atoms with Crippen molar-refractivity contribution in [1.29, 1.82) is 0 Å². The number of carbonyl (C=O) groups is 1. The minimum absolute atomic E-state index is 0.342. The Morgan fingerprint density at radius 3 is 2.89 bits per heavy atom. The summed E-state index contributed by atoms with van der Waals surface area (Å²) in [6, 6.07) is 3.33. The van der Waals surface area contributed by atoms with Gasteiger partial charge in [-0.3, -0.25) is 0 Å². The second-order valence-corrected chi connectivity index (χ2v) is 4.63. The highest BCUT2D eigenvalue weighted by Crippen LogP contribution is 2.34. The third-order valence-electron chi connectivity index (χ3n) is 2.89. The van der Waals surface area contributed by atoms with Crippen molar-refractivity contribution >= 4 is 11.8 Å². The Bertz CT molecular complexity index is 487. The number of esters is 1. The molecule has 4 heteroatoms. The van der Waals surface area contributed by atoms with Gasteiger partial charge in [0.15, 0.2) is 6.10 Å². The summed E-state index contributed by atoms with van der Waals surface area (Å²) >= 11 is 0. The molecule has 0 radical (unpaired) electrons. The first kappa shape index (κ1) is 12.4. The van der Waals surface area contributed by atoms with Crippen LogP contribution in [0.2, 0.25) is 0 Å². The molecule has 1 saturated carbocycles. The molecule has 4 nitrogen and oxygen atoms in total. The lowest BCUT2D eigenvalue weighted by Gasteiger charge is -2.14. The lowest BCUT2D eigenvalue weighted by Crippen LogP contribution is -2.19. The van der Waals surface area contributed by atoms with Crippen LogP contribution in [0.15, 0.2) is 18.3 Å². The summed E-state index contributed by atoms with van der Waals surface area (Å²) in [7, 11) is 3.73. The lowest BCUT2D eigenvalue weighted by atomic mass is 10.2. The van der Waals surface area contributed by atoms with E-state index in [9.17, 15) is 4.79 Å². The molecule has 0 spiro atoms. The average Bonchev–Trinajstić information content (AvgIpc) is 3.20. The highest BCUT2D eigenvalue weighted by atomic mass is 16.5. The molecular formula is C14H16N2O2. The van der Waals surface area contributed by atoms with Crippen molar-refractivity contribution in [2.24, 2.45) is 5.92 Å². The smallest absolute Gasteiger partial charge is 0.339 e. The molecule has 1 aromatic heterocycles. The predicted octanol–water partition coefficient (Wildman–Crippen LogP) is 1.72. The SMILES string of the molecule is C#C[C@@H](OC(=O)c1ccnc(N(C)C)c1)C1CC1. The topological polar surface area (TPSA) is 42.4 Å². The van der Waals surface area contributed by atoms with Crippen LogP contribution in [0.4, 0.5) is 5.82 Å². The van der Waals surface area contributed by atoms with Gasteiger partial charge in [0, 0.05) is 26.2 Å². The monoisotopic (exact) mass is 244 g/mol. The molecule has 1 fully saturated rings. The van der Waals surface area contributed by atoms with E-state index in [2.05, 4.69) is 10.9 Å². The van der Waals surface area contributed by atoms with Crippen LogP contribution < -0.4 is 4.90 Å². The van der Waals surface area contributed by atoms with E-state index >= 15 is 0 Å². The number of aromatic nitrogens is 1. The molecule has 0 unspecified atom stereocenters. The largest absolute Gasteiger partial charge is 0.445 e. The number of hydrogen-bond donors (Lipinski definition) is 0. The Kier molecular flexibility index (Phi) is 3.52. The highest BCUT2D eigenvalue weighted by Gasteiger charge is 2.33. The van der Waals surface area contributed by atoms with Crippen molar-refractivity contribution < 1.29 is 9.53 Å². The first-order chi connectivity index (χ1) is 8.61. The van der Waals surface area contributed by atoms with Crippen LogP contribution in [0.25, 0.3) is 0 Å². The zero-order valence-corrected chi connectivity index (χ0v) is 10.6. The maximum absolute atomic E-state index is 12.0. The summed E-state index contributed by atoms with van der Waals surface area (Å²) in [5.74, 6) is 3.21. The lowest BCUT2D eigenvalue weighted by molar-refractivity contribution is 0.0374. The molecule has 18 heavy (non-hydrogen) atoms. The molecule has 0 aliphatic heterocycles. The second kappa shape index (κ2) is 5.09. The van der Waals surface area contributed by atoms with Crippen molar-refractivity contribution in [1.82, 2.24) is 4.98 Å². The van der Waals surface area contributed by atoms with Crippen molar-refractivity contribution in [3.05, 3.63) is 23.9 Å². The summed E-state index contributed by atoms with van der Waals surface area (Å²) in [4.78, 5) is 17.9. The van der Waals surface area contributed by atoms with Crippen molar-refractivity contribution in [3.63, 3.8) is 0 Å². The minimum Gasteiger partial charge on any atom is -0.445 e. The summed E-state index contributed by atoms with van der Waals surface area (Å²) in [6.07, 6.45) is 8.65. The van der Waals surface area contributed by atoms with E-state index in [-0.39, 0.29) is 5.97 Å². The van der Waals surface area contributed by atoms with Gasteiger partial charge in [0.1, 0.15) is 5.82 Å². The number of pyridine rings is 1. The van der Waals surface area contributed by atoms with E-state index < -0.39 is 6.10 Å². The van der Waals surface area contributed by atoms with Gasteiger partial charge < -0.3 is 9.64 Å². The van der Waals surface area contributed by atoms with Crippen LogP contribution in [0.3, 0.4) is 0 Å². The van der Waals surface area contributed by atoms with Gasteiger partial charge in [0.25, 0.3) is 0 Å². The van der Waals surface area contributed by atoms with E-state index in [1.165, 1.54) is 0 Å². The molecule has 2 rings (SSSR count). The summed E-state index contributed by atoms with van der Waals surface area (Å²) in [5.41, 5.74) is 0.481. The van der Waals surface area contributed by atoms with Crippen LogP contribution >= 0.6 is 0 Å². The van der Waals surface area contributed by atoms with Crippen molar-refractivity contribution in [2.75, 3.05) is 19.0 Å². The molecule has 0 bridgehead atoms. The number of hydrogen-bond acceptors (Lipinski definition) is 4. The molecule has 1 aliphatic rings. The average molecular weight is 244 g/mol.